The molecule has 6 rings (SSSR count). The number of hydrogen-bond acceptors (Lipinski definition) is 2. The van der Waals surface area contributed by atoms with Crippen LogP contribution in [0.4, 0.5) is 11.4 Å². The van der Waals surface area contributed by atoms with Gasteiger partial charge in [-0.15, -0.1) is 0 Å². The van der Waals surface area contributed by atoms with Gasteiger partial charge < -0.3 is 9.64 Å². The second kappa shape index (κ2) is 7.97. The molecule has 0 saturated heterocycles. The van der Waals surface area contributed by atoms with E-state index in [0.29, 0.717) is 0 Å². The molecule has 0 aromatic heterocycles. The zero-order valence-corrected chi connectivity index (χ0v) is 18.9. The summed E-state index contributed by atoms with van der Waals surface area (Å²) in [7, 11) is 0. The van der Waals surface area contributed by atoms with Crippen molar-refractivity contribution in [2.45, 2.75) is 31.6 Å². The largest absolute Gasteiger partial charge is 0.458 e. The number of rotatable bonds is 4. The third-order valence-electron chi connectivity index (χ3n) is 7.01. The second-order valence-corrected chi connectivity index (χ2v) is 9.12. The number of anilines is 2. The highest BCUT2D eigenvalue weighted by Crippen LogP contribution is 2.54. The Labute approximate surface area is 195 Å². The van der Waals surface area contributed by atoms with Gasteiger partial charge in [0, 0.05) is 16.9 Å². The van der Waals surface area contributed by atoms with Crippen molar-refractivity contribution in [3.05, 3.63) is 126 Å². The minimum atomic E-state index is -0.0935. The van der Waals surface area contributed by atoms with E-state index in [9.17, 15) is 0 Å². The molecule has 1 aliphatic heterocycles. The molecule has 0 saturated carbocycles. The Hall–Kier alpha value is -3.78. The van der Waals surface area contributed by atoms with Gasteiger partial charge in [-0.3, -0.25) is 0 Å². The van der Waals surface area contributed by atoms with Gasteiger partial charge >= 0.3 is 0 Å². The fourth-order valence-electron chi connectivity index (χ4n) is 5.16. The van der Waals surface area contributed by atoms with Crippen LogP contribution < -0.4 is 9.64 Å². The van der Waals surface area contributed by atoms with Gasteiger partial charge in [-0.2, -0.15) is 0 Å². The van der Waals surface area contributed by atoms with Crippen molar-refractivity contribution in [1.82, 2.24) is 0 Å². The standard InChI is InChI=1S/C31H27NO/c1-31-22-9-8-17-29(31)33-30-27(31)15-10-16-28(30)32(25-13-6-3-7-14-25)26-20-18-24(19-21-26)23-11-4-2-5-12-23/h2-6,8-13,15-21H,7,14,22H2,1H3. The number of hydrogen-bond donors (Lipinski definition) is 0. The van der Waals surface area contributed by atoms with E-state index in [-0.39, 0.29) is 5.41 Å². The fourth-order valence-corrected chi connectivity index (χ4v) is 5.16. The molecule has 0 bridgehead atoms. The Kier molecular flexibility index (Phi) is 4.80. The minimum Gasteiger partial charge on any atom is -0.458 e. The van der Waals surface area contributed by atoms with E-state index in [1.54, 1.807) is 0 Å². The summed E-state index contributed by atoms with van der Waals surface area (Å²) in [6.45, 7) is 2.29. The first-order valence-electron chi connectivity index (χ1n) is 11.7. The summed E-state index contributed by atoms with van der Waals surface area (Å²) >= 11 is 0. The zero-order chi connectivity index (χ0) is 22.3. The predicted octanol–water partition coefficient (Wildman–Crippen LogP) is 8.22. The molecule has 2 aliphatic carbocycles. The molecule has 0 fully saturated rings. The molecule has 2 nitrogen and oxygen atoms in total. The first-order valence-corrected chi connectivity index (χ1v) is 11.7. The van der Waals surface area contributed by atoms with Gasteiger partial charge in [0.2, 0.25) is 0 Å². The maximum Gasteiger partial charge on any atom is 0.155 e. The molecule has 0 N–H and O–H groups in total. The van der Waals surface area contributed by atoms with Gasteiger partial charge in [-0.25, -0.2) is 0 Å². The van der Waals surface area contributed by atoms with E-state index in [4.69, 9.17) is 4.74 Å². The molecule has 1 unspecified atom stereocenters. The van der Waals surface area contributed by atoms with E-state index in [2.05, 4.69) is 121 Å². The van der Waals surface area contributed by atoms with Crippen LogP contribution in [0.25, 0.3) is 11.1 Å². The van der Waals surface area contributed by atoms with Crippen LogP contribution in [0, 0.1) is 0 Å². The van der Waals surface area contributed by atoms with E-state index < -0.39 is 0 Å². The lowest BCUT2D eigenvalue weighted by Gasteiger charge is -2.30. The molecular weight excluding hydrogens is 402 g/mol. The SMILES string of the molecule is CC12CC=CC=C1Oc1c(N(C3=CC=CCC3)c3ccc(-c4ccccc4)cc3)cccc12. The molecule has 0 spiro atoms. The van der Waals surface area contributed by atoms with Gasteiger partial charge in [0.1, 0.15) is 5.76 Å². The minimum absolute atomic E-state index is 0.0935. The van der Waals surface area contributed by atoms with Crippen molar-refractivity contribution >= 4 is 11.4 Å². The lowest BCUT2D eigenvalue weighted by Crippen LogP contribution is -2.22. The smallest absolute Gasteiger partial charge is 0.155 e. The molecule has 2 heteroatoms. The highest BCUT2D eigenvalue weighted by Gasteiger charge is 2.43. The van der Waals surface area contributed by atoms with Crippen molar-refractivity contribution in [2.75, 3.05) is 4.90 Å². The molecule has 0 radical (unpaired) electrons. The summed E-state index contributed by atoms with van der Waals surface area (Å²) in [5.74, 6) is 2.03. The Morgan fingerprint density at radius 3 is 2.36 bits per heavy atom. The van der Waals surface area contributed by atoms with Crippen molar-refractivity contribution in [2.24, 2.45) is 0 Å². The molecule has 1 heterocycles. The van der Waals surface area contributed by atoms with Gasteiger partial charge in [-0.05, 0) is 67.7 Å². The monoisotopic (exact) mass is 429 g/mol. The highest BCUT2D eigenvalue weighted by atomic mass is 16.5. The Balaban J connectivity index is 1.47. The summed E-state index contributed by atoms with van der Waals surface area (Å²) in [6, 6.07) is 26.0. The normalized spacial score (nSPS) is 20.4. The Morgan fingerprint density at radius 2 is 1.58 bits per heavy atom. The number of ether oxygens (including phenoxy) is 1. The van der Waals surface area contributed by atoms with Crippen molar-refractivity contribution < 1.29 is 4.74 Å². The summed E-state index contributed by atoms with van der Waals surface area (Å²) in [4.78, 5) is 2.38. The first kappa shape index (κ1) is 19.9. The van der Waals surface area contributed by atoms with Crippen molar-refractivity contribution in [1.29, 1.82) is 0 Å². The predicted molar refractivity (Wildman–Crippen MR) is 137 cm³/mol. The number of fused-ring (bicyclic) bond motifs is 3. The summed E-state index contributed by atoms with van der Waals surface area (Å²) in [6.07, 6.45) is 16.1. The van der Waals surface area contributed by atoms with E-state index in [1.165, 1.54) is 22.4 Å². The third-order valence-corrected chi connectivity index (χ3v) is 7.01. The topological polar surface area (TPSA) is 12.5 Å². The van der Waals surface area contributed by atoms with Gasteiger partial charge in [0.05, 0.1) is 11.1 Å². The average molecular weight is 430 g/mol. The second-order valence-electron chi connectivity index (χ2n) is 9.12. The fraction of sp³-hybridized carbons (Fsp3) is 0.161. The lowest BCUT2D eigenvalue weighted by molar-refractivity contribution is 0.377. The quantitative estimate of drug-likeness (QED) is 0.414. The molecule has 1 atom stereocenters. The van der Waals surface area contributed by atoms with Crippen LogP contribution in [0.2, 0.25) is 0 Å². The van der Waals surface area contributed by atoms with Gasteiger partial charge in [0.25, 0.3) is 0 Å². The van der Waals surface area contributed by atoms with Crippen LogP contribution in [0.5, 0.6) is 5.75 Å². The van der Waals surface area contributed by atoms with Crippen LogP contribution in [-0.2, 0) is 5.41 Å². The van der Waals surface area contributed by atoms with Gasteiger partial charge in [-0.1, -0.05) is 78.9 Å². The van der Waals surface area contributed by atoms with Crippen LogP contribution in [0.3, 0.4) is 0 Å². The van der Waals surface area contributed by atoms with Crippen LogP contribution in [0.15, 0.2) is 121 Å². The number of para-hydroxylation sites is 1. The number of allylic oxidation sites excluding steroid dienone is 8. The molecule has 3 aliphatic rings. The molecule has 3 aromatic rings. The summed E-state index contributed by atoms with van der Waals surface area (Å²) in [5.41, 5.74) is 7.18. The molecular formula is C31H27NO. The average Bonchev–Trinajstić information content (AvgIpc) is 3.19. The Morgan fingerprint density at radius 1 is 0.788 bits per heavy atom. The Bertz CT molecular complexity index is 1310. The number of benzene rings is 3. The van der Waals surface area contributed by atoms with E-state index in [0.717, 1.165) is 42.1 Å². The maximum atomic E-state index is 6.55. The van der Waals surface area contributed by atoms with Crippen LogP contribution in [0.1, 0.15) is 31.7 Å². The summed E-state index contributed by atoms with van der Waals surface area (Å²) in [5, 5.41) is 0. The van der Waals surface area contributed by atoms with Crippen LogP contribution >= 0.6 is 0 Å². The zero-order valence-electron chi connectivity index (χ0n) is 18.9. The van der Waals surface area contributed by atoms with E-state index >= 15 is 0 Å². The molecule has 33 heavy (non-hydrogen) atoms. The summed E-state index contributed by atoms with van der Waals surface area (Å²) < 4.78 is 6.55. The van der Waals surface area contributed by atoms with Crippen molar-refractivity contribution in [3.8, 4) is 16.9 Å². The van der Waals surface area contributed by atoms with E-state index in [1.807, 2.05) is 0 Å². The van der Waals surface area contributed by atoms with Gasteiger partial charge in [0.15, 0.2) is 5.75 Å². The van der Waals surface area contributed by atoms with Crippen molar-refractivity contribution in [3.63, 3.8) is 0 Å². The molecule has 162 valence electrons. The third kappa shape index (κ3) is 3.34. The number of nitrogens with zero attached hydrogens (tertiary/aromatic N) is 1. The molecule has 3 aromatic carbocycles. The molecule has 0 amide bonds. The first-order chi connectivity index (χ1) is 16.2. The highest BCUT2D eigenvalue weighted by molar-refractivity contribution is 5.79. The lowest BCUT2D eigenvalue weighted by atomic mass is 9.77. The van der Waals surface area contributed by atoms with Crippen LogP contribution in [-0.4, -0.2) is 0 Å². The maximum absolute atomic E-state index is 6.55.